The van der Waals surface area contributed by atoms with E-state index in [1.165, 1.54) is 6.92 Å². The summed E-state index contributed by atoms with van der Waals surface area (Å²) in [5.74, 6) is 0.967. The van der Waals surface area contributed by atoms with Crippen molar-refractivity contribution < 1.29 is 19.2 Å². The Morgan fingerprint density at radius 3 is 2.74 bits per heavy atom. The number of benzene rings is 1. The second kappa shape index (κ2) is 4.93. The maximum atomic E-state index is 11.3. The van der Waals surface area contributed by atoms with Crippen molar-refractivity contribution in [3.05, 3.63) is 29.5 Å². The summed E-state index contributed by atoms with van der Waals surface area (Å²) in [7, 11) is 1.59. The molecule has 0 saturated heterocycles. The highest BCUT2D eigenvalue weighted by Crippen LogP contribution is 2.34. The van der Waals surface area contributed by atoms with Gasteiger partial charge in [-0.15, -0.1) is 0 Å². The van der Waals surface area contributed by atoms with Crippen LogP contribution in [0.1, 0.15) is 31.2 Å². The lowest BCUT2D eigenvalue weighted by Crippen LogP contribution is -2.28. The lowest BCUT2D eigenvalue weighted by molar-refractivity contribution is -0.172. The van der Waals surface area contributed by atoms with Crippen LogP contribution in [-0.4, -0.2) is 23.3 Å². The number of fused-ring (bicyclic) bond motifs is 1. The first-order chi connectivity index (χ1) is 8.95. The first-order valence-electron chi connectivity index (χ1n) is 6.01. The number of aryl methyl sites for hydroxylation is 1. The van der Waals surface area contributed by atoms with Gasteiger partial charge in [0, 0.05) is 17.9 Å². The van der Waals surface area contributed by atoms with Crippen molar-refractivity contribution in [1.82, 2.24) is 5.06 Å². The molecule has 19 heavy (non-hydrogen) atoms. The Morgan fingerprint density at radius 1 is 1.47 bits per heavy atom. The molecule has 102 valence electrons. The van der Waals surface area contributed by atoms with Crippen molar-refractivity contribution in [3.63, 3.8) is 0 Å². The molecule has 0 unspecified atom stereocenters. The lowest BCUT2D eigenvalue weighted by Gasteiger charge is -2.21. The number of furan rings is 1. The number of rotatable bonds is 3. The van der Waals surface area contributed by atoms with Crippen molar-refractivity contribution in [2.75, 3.05) is 7.11 Å². The molecular weight excluding hydrogens is 246 g/mol. The van der Waals surface area contributed by atoms with Crippen LogP contribution in [0, 0.1) is 6.92 Å². The number of carbonyl (C=O) groups is 1. The molecule has 1 heterocycles. The molecule has 0 aliphatic heterocycles. The average Bonchev–Trinajstić information content (AvgIpc) is 2.71. The van der Waals surface area contributed by atoms with Crippen molar-refractivity contribution in [2.24, 2.45) is 0 Å². The molecular formula is C14H17NO4. The van der Waals surface area contributed by atoms with Gasteiger partial charge in [0.15, 0.2) is 0 Å². The summed E-state index contributed by atoms with van der Waals surface area (Å²) in [6, 6.07) is 4.98. The smallest absolute Gasteiger partial charge is 0.243 e. The van der Waals surface area contributed by atoms with Crippen molar-refractivity contribution in [1.29, 1.82) is 0 Å². The Kier molecular flexibility index (Phi) is 3.48. The van der Waals surface area contributed by atoms with Gasteiger partial charge in [0.1, 0.15) is 17.1 Å². The molecule has 0 spiro atoms. The zero-order chi connectivity index (χ0) is 14.2. The Hall–Kier alpha value is -2.01. The monoisotopic (exact) mass is 263 g/mol. The van der Waals surface area contributed by atoms with Crippen LogP contribution < -0.4 is 4.74 Å². The van der Waals surface area contributed by atoms with Gasteiger partial charge in [-0.1, -0.05) is 0 Å². The van der Waals surface area contributed by atoms with Crippen LogP contribution in [0.25, 0.3) is 11.0 Å². The third-order valence-electron chi connectivity index (χ3n) is 3.23. The standard InChI is InChI=1S/C14H17NO4/c1-8(15(17)10(3)16)14-9(2)19-13-6-5-11(18-4)7-12(13)14/h5-8,17H,1-4H3/t8-/m0/s1. The molecule has 1 aromatic heterocycles. The molecule has 0 fully saturated rings. The van der Waals surface area contributed by atoms with Gasteiger partial charge < -0.3 is 9.15 Å². The van der Waals surface area contributed by atoms with Gasteiger partial charge in [0.2, 0.25) is 5.91 Å². The summed E-state index contributed by atoms with van der Waals surface area (Å²) in [6.45, 7) is 4.87. The van der Waals surface area contributed by atoms with Crippen molar-refractivity contribution >= 4 is 16.9 Å². The Balaban J connectivity index is 2.58. The number of ether oxygens (including phenoxy) is 1. The summed E-state index contributed by atoms with van der Waals surface area (Å²) in [4.78, 5) is 11.3. The summed E-state index contributed by atoms with van der Waals surface area (Å²) in [5.41, 5.74) is 1.49. The third kappa shape index (κ3) is 2.29. The minimum Gasteiger partial charge on any atom is -0.497 e. The van der Waals surface area contributed by atoms with E-state index in [9.17, 15) is 10.0 Å². The van der Waals surface area contributed by atoms with Crippen molar-refractivity contribution in [3.8, 4) is 5.75 Å². The minimum absolute atomic E-state index is 0.413. The number of hydrogen-bond acceptors (Lipinski definition) is 4. The van der Waals surface area contributed by atoms with E-state index in [1.807, 2.05) is 19.1 Å². The lowest BCUT2D eigenvalue weighted by atomic mass is 10.0. The molecule has 1 aromatic carbocycles. The first kappa shape index (κ1) is 13.4. The normalized spacial score (nSPS) is 12.5. The third-order valence-corrected chi connectivity index (χ3v) is 3.23. The fourth-order valence-corrected chi connectivity index (χ4v) is 2.26. The molecule has 2 rings (SSSR count). The van der Waals surface area contributed by atoms with E-state index >= 15 is 0 Å². The maximum absolute atomic E-state index is 11.3. The fourth-order valence-electron chi connectivity index (χ4n) is 2.26. The molecule has 1 N–H and O–H groups in total. The van der Waals surface area contributed by atoms with E-state index in [4.69, 9.17) is 9.15 Å². The van der Waals surface area contributed by atoms with Crippen molar-refractivity contribution in [2.45, 2.75) is 26.8 Å². The minimum atomic E-state index is -0.481. The van der Waals surface area contributed by atoms with Gasteiger partial charge in [0.25, 0.3) is 0 Å². The van der Waals surface area contributed by atoms with E-state index in [0.29, 0.717) is 22.2 Å². The van der Waals surface area contributed by atoms with Crippen LogP contribution in [0.4, 0.5) is 0 Å². The van der Waals surface area contributed by atoms with E-state index in [0.717, 1.165) is 10.9 Å². The predicted molar refractivity (Wildman–Crippen MR) is 70.2 cm³/mol. The molecule has 5 nitrogen and oxygen atoms in total. The topological polar surface area (TPSA) is 62.9 Å². The number of nitrogens with zero attached hydrogens (tertiary/aromatic N) is 1. The Bertz CT molecular complexity index is 617. The number of hydroxylamine groups is 2. The number of methoxy groups -OCH3 is 1. The van der Waals surface area contributed by atoms with Gasteiger partial charge in [-0.2, -0.15) is 0 Å². The molecule has 0 radical (unpaired) electrons. The van der Waals surface area contributed by atoms with E-state index in [1.54, 1.807) is 20.1 Å². The highest BCUT2D eigenvalue weighted by Gasteiger charge is 2.23. The summed E-state index contributed by atoms with van der Waals surface area (Å²) >= 11 is 0. The molecule has 0 aliphatic carbocycles. The van der Waals surface area contributed by atoms with Crippen LogP contribution in [0.3, 0.4) is 0 Å². The van der Waals surface area contributed by atoms with Gasteiger partial charge in [-0.3, -0.25) is 10.0 Å². The van der Waals surface area contributed by atoms with E-state index in [2.05, 4.69) is 0 Å². The van der Waals surface area contributed by atoms with E-state index in [-0.39, 0.29) is 0 Å². The number of amides is 1. The predicted octanol–water partition coefficient (Wildman–Crippen LogP) is 3.05. The molecule has 1 atom stereocenters. The van der Waals surface area contributed by atoms with Crippen LogP contribution in [-0.2, 0) is 4.79 Å². The molecule has 0 aliphatic rings. The molecule has 0 bridgehead atoms. The number of carbonyl (C=O) groups excluding carboxylic acids is 1. The average molecular weight is 263 g/mol. The Morgan fingerprint density at radius 2 is 2.16 bits per heavy atom. The van der Waals surface area contributed by atoms with Gasteiger partial charge in [-0.25, -0.2) is 5.06 Å². The zero-order valence-electron chi connectivity index (χ0n) is 11.4. The molecule has 5 heteroatoms. The van der Waals surface area contributed by atoms with Crippen LogP contribution in [0.2, 0.25) is 0 Å². The molecule has 2 aromatic rings. The van der Waals surface area contributed by atoms with Gasteiger partial charge >= 0.3 is 0 Å². The highest BCUT2D eigenvalue weighted by atomic mass is 16.5. The second-order valence-electron chi connectivity index (χ2n) is 4.47. The quantitative estimate of drug-likeness (QED) is 0.683. The Labute approximate surface area is 111 Å². The largest absolute Gasteiger partial charge is 0.497 e. The van der Waals surface area contributed by atoms with Crippen LogP contribution >= 0.6 is 0 Å². The van der Waals surface area contributed by atoms with Gasteiger partial charge in [-0.05, 0) is 32.0 Å². The van der Waals surface area contributed by atoms with Crippen LogP contribution in [0.15, 0.2) is 22.6 Å². The zero-order valence-corrected chi connectivity index (χ0v) is 11.4. The summed E-state index contributed by atoms with van der Waals surface area (Å²) in [5, 5.41) is 11.3. The fraction of sp³-hybridized carbons (Fsp3) is 0.357. The van der Waals surface area contributed by atoms with E-state index < -0.39 is 11.9 Å². The number of hydrogen-bond donors (Lipinski definition) is 1. The molecule has 1 amide bonds. The molecule has 0 saturated carbocycles. The van der Waals surface area contributed by atoms with Crippen LogP contribution in [0.5, 0.6) is 5.75 Å². The summed E-state index contributed by atoms with van der Waals surface area (Å²) in [6.07, 6.45) is 0. The maximum Gasteiger partial charge on any atom is 0.243 e. The summed E-state index contributed by atoms with van der Waals surface area (Å²) < 4.78 is 10.8. The van der Waals surface area contributed by atoms with Gasteiger partial charge in [0.05, 0.1) is 13.2 Å². The first-order valence-corrected chi connectivity index (χ1v) is 6.01. The SMILES string of the molecule is COc1ccc2oc(C)c([C@H](C)N(O)C(C)=O)c2c1. The highest BCUT2D eigenvalue weighted by molar-refractivity contribution is 5.85. The second-order valence-corrected chi connectivity index (χ2v) is 4.47.